The number of anilines is 1. The minimum atomic E-state index is -1.92. The van der Waals surface area contributed by atoms with Crippen LogP contribution in [0.15, 0.2) is 18.6 Å². The van der Waals surface area contributed by atoms with Crippen molar-refractivity contribution in [3.63, 3.8) is 0 Å². The molecule has 1 aliphatic carbocycles. The first-order valence-corrected chi connectivity index (χ1v) is 8.46. The van der Waals surface area contributed by atoms with Crippen LogP contribution in [0.3, 0.4) is 0 Å². The fourth-order valence-electron chi connectivity index (χ4n) is 3.20. The molecule has 7 heteroatoms. The number of nitrogens with zero attached hydrogens (tertiary/aromatic N) is 3. The van der Waals surface area contributed by atoms with Gasteiger partial charge in [-0.25, -0.2) is 9.97 Å². The molecule has 2 heterocycles. The molecule has 21 heavy (non-hydrogen) atoms. The van der Waals surface area contributed by atoms with E-state index < -0.39 is 11.1 Å². The van der Waals surface area contributed by atoms with Gasteiger partial charge in [-0.1, -0.05) is 11.1 Å². The maximum absolute atomic E-state index is 10.8. The van der Waals surface area contributed by atoms with Gasteiger partial charge in [-0.3, -0.25) is 4.21 Å². The predicted molar refractivity (Wildman–Crippen MR) is 81.8 cm³/mol. The van der Waals surface area contributed by atoms with Gasteiger partial charge in [-0.15, -0.1) is 0 Å². The molecule has 1 fully saturated rings. The summed E-state index contributed by atoms with van der Waals surface area (Å²) < 4.78 is 21.6. The summed E-state index contributed by atoms with van der Waals surface area (Å²) in [6, 6.07) is 2.40. The summed E-state index contributed by atoms with van der Waals surface area (Å²) in [6.07, 6.45) is 7.39. The number of aromatic nitrogens is 3. The Bertz CT molecular complexity index is 637. The Morgan fingerprint density at radius 2 is 2.14 bits per heavy atom. The van der Waals surface area contributed by atoms with Crippen LogP contribution in [0.4, 0.5) is 5.82 Å². The van der Waals surface area contributed by atoms with Gasteiger partial charge in [0.25, 0.3) is 0 Å². The topological polar surface area (TPSA) is 84.9 Å². The number of rotatable bonds is 4. The van der Waals surface area contributed by atoms with E-state index in [4.69, 9.17) is 0 Å². The van der Waals surface area contributed by atoms with Gasteiger partial charge in [-0.05, 0) is 37.7 Å². The summed E-state index contributed by atoms with van der Waals surface area (Å²) in [5.41, 5.74) is 0.849. The molecule has 114 valence electrons. The van der Waals surface area contributed by atoms with Crippen LogP contribution in [0.25, 0.3) is 11.0 Å². The highest BCUT2D eigenvalue weighted by Crippen LogP contribution is 2.31. The molecular weight excluding hydrogens is 288 g/mol. The summed E-state index contributed by atoms with van der Waals surface area (Å²) in [7, 11) is 2.06. The average Bonchev–Trinajstić information content (AvgIpc) is 2.95. The number of aromatic amines is 1. The normalized spacial score (nSPS) is 24.1. The average molecular weight is 307 g/mol. The van der Waals surface area contributed by atoms with E-state index in [1.807, 2.05) is 12.3 Å². The van der Waals surface area contributed by atoms with Crippen LogP contribution in [0.2, 0.25) is 0 Å². The molecule has 1 saturated carbocycles. The van der Waals surface area contributed by atoms with Crippen molar-refractivity contribution in [3.8, 4) is 0 Å². The quantitative estimate of drug-likeness (QED) is 0.871. The zero-order valence-corrected chi connectivity index (χ0v) is 12.8. The molecule has 6 nitrogen and oxygen atoms in total. The molecule has 0 aromatic carbocycles. The third-order valence-corrected chi connectivity index (χ3v) is 5.15. The number of H-pyrrole nitrogens is 1. The van der Waals surface area contributed by atoms with Gasteiger partial charge in [0, 0.05) is 25.0 Å². The van der Waals surface area contributed by atoms with Crippen molar-refractivity contribution in [2.45, 2.75) is 31.7 Å². The van der Waals surface area contributed by atoms with E-state index >= 15 is 0 Å². The molecule has 1 atom stereocenters. The Morgan fingerprint density at radius 3 is 2.86 bits per heavy atom. The van der Waals surface area contributed by atoms with Crippen molar-refractivity contribution in [2.75, 3.05) is 17.7 Å². The Balaban J connectivity index is 1.70. The van der Waals surface area contributed by atoms with Crippen LogP contribution < -0.4 is 4.90 Å². The highest BCUT2D eigenvalue weighted by atomic mass is 32.2. The number of nitrogens with one attached hydrogen (secondary N) is 1. The van der Waals surface area contributed by atoms with E-state index in [0.717, 1.165) is 42.5 Å². The standard InChI is InChI=1S/C14H20N4O2S/c1-18(11-4-2-10(3-5-11)8-21(19)20)14-12-6-7-15-13(12)16-9-17-14/h6-7,9-11H,2-5,8H2,1H3,(H,19,20)(H,15,16,17)/p-1. The van der Waals surface area contributed by atoms with Gasteiger partial charge in [0.15, 0.2) is 0 Å². The van der Waals surface area contributed by atoms with Crippen LogP contribution in [0.5, 0.6) is 0 Å². The molecule has 0 saturated heterocycles. The highest BCUT2D eigenvalue weighted by Gasteiger charge is 2.25. The van der Waals surface area contributed by atoms with Crippen LogP contribution in [0.1, 0.15) is 25.7 Å². The van der Waals surface area contributed by atoms with Crippen molar-refractivity contribution in [2.24, 2.45) is 5.92 Å². The summed E-state index contributed by atoms with van der Waals surface area (Å²) >= 11 is -1.92. The summed E-state index contributed by atoms with van der Waals surface area (Å²) in [5, 5.41) is 1.03. The molecule has 0 radical (unpaired) electrons. The SMILES string of the molecule is CN(c1ncnc2[nH]ccc12)C1CCC(CS(=O)[O-])CC1. The molecule has 3 rings (SSSR count). The summed E-state index contributed by atoms with van der Waals surface area (Å²) in [6.45, 7) is 0. The second kappa shape index (κ2) is 6.11. The maximum atomic E-state index is 10.8. The minimum absolute atomic E-state index is 0.298. The lowest BCUT2D eigenvalue weighted by Gasteiger charge is -2.35. The zero-order chi connectivity index (χ0) is 14.8. The highest BCUT2D eigenvalue weighted by molar-refractivity contribution is 7.79. The predicted octanol–water partition coefficient (Wildman–Crippen LogP) is 1.83. The van der Waals surface area contributed by atoms with E-state index in [1.54, 1.807) is 6.33 Å². The Morgan fingerprint density at radius 1 is 1.38 bits per heavy atom. The van der Waals surface area contributed by atoms with Crippen molar-refractivity contribution < 1.29 is 8.76 Å². The van der Waals surface area contributed by atoms with E-state index in [1.165, 1.54) is 0 Å². The second-order valence-electron chi connectivity index (χ2n) is 5.69. The van der Waals surface area contributed by atoms with Gasteiger partial charge < -0.3 is 14.4 Å². The molecule has 2 aromatic rings. The maximum Gasteiger partial charge on any atom is 0.142 e. The molecule has 1 N–H and O–H groups in total. The van der Waals surface area contributed by atoms with Crippen molar-refractivity contribution in [3.05, 3.63) is 18.6 Å². The first-order valence-electron chi connectivity index (χ1n) is 7.22. The lowest BCUT2D eigenvalue weighted by Crippen LogP contribution is -2.36. The van der Waals surface area contributed by atoms with E-state index in [2.05, 4.69) is 26.9 Å². The minimum Gasteiger partial charge on any atom is -0.772 e. The molecule has 0 bridgehead atoms. The van der Waals surface area contributed by atoms with Gasteiger partial charge in [0.2, 0.25) is 0 Å². The van der Waals surface area contributed by atoms with Crippen LogP contribution >= 0.6 is 0 Å². The molecule has 0 aliphatic heterocycles. The first-order chi connectivity index (χ1) is 10.1. The van der Waals surface area contributed by atoms with E-state index in [-0.39, 0.29) is 0 Å². The summed E-state index contributed by atoms with van der Waals surface area (Å²) in [4.78, 5) is 13.9. The molecular formula is C14H19N4O2S-. The number of fused-ring (bicyclic) bond motifs is 1. The van der Waals surface area contributed by atoms with E-state index in [0.29, 0.717) is 17.7 Å². The Labute approximate surface area is 126 Å². The Kier molecular flexibility index (Phi) is 4.21. The number of hydrogen-bond donors (Lipinski definition) is 1. The molecule has 0 spiro atoms. The zero-order valence-electron chi connectivity index (χ0n) is 12.0. The monoisotopic (exact) mass is 307 g/mol. The van der Waals surface area contributed by atoms with Crippen molar-refractivity contribution >= 4 is 27.9 Å². The fourth-order valence-corrected chi connectivity index (χ4v) is 3.92. The van der Waals surface area contributed by atoms with Crippen molar-refractivity contribution in [1.82, 2.24) is 15.0 Å². The largest absolute Gasteiger partial charge is 0.772 e. The lowest BCUT2D eigenvalue weighted by atomic mass is 9.86. The smallest absolute Gasteiger partial charge is 0.142 e. The van der Waals surface area contributed by atoms with Gasteiger partial charge in [-0.2, -0.15) is 0 Å². The lowest BCUT2D eigenvalue weighted by molar-refractivity contribution is 0.339. The molecule has 1 unspecified atom stereocenters. The third-order valence-electron chi connectivity index (χ3n) is 4.40. The Hall–Kier alpha value is -1.47. The molecule has 0 amide bonds. The van der Waals surface area contributed by atoms with Crippen LogP contribution in [-0.2, 0) is 11.1 Å². The van der Waals surface area contributed by atoms with Crippen LogP contribution in [0, 0.1) is 5.92 Å². The molecule has 2 aromatic heterocycles. The third kappa shape index (κ3) is 3.08. The second-order valence-corrected chi connectivity index (χ2v) is 6.63. The first kappa shape index (κ1) is 14.5. The molecule has 1 aliphatic rings. The summed E-state index contributed by atoms with van der Waals surface area (Å²) in [5.74, 6) is 1.55. The van der Waals surface area contributed by atoms with Crippen LogP contribution in [-0.4, -0.2) is 42.6 Å². The van der Waals surface area contributed by atoms with Gasteiger partial charge >= 0.3 is 0 Å². The number of hydrogen-bond acceptors (Lipinski definition) is 5. The van der Waals surface area contributed by atoms with Crippen molar-refractivity contribution in [1.29, 1.82) is 0 Å². The van der Waals surface area contributed by atoms with Gasteiger partial charge in [0.1, 0.15) is 17.8 Å². The van der Waals surface area contributed by atoms with Gasteiger partial charge in [0.05, 0.1) is 5.39 Å². The fraction of sp³-hybridized carbons (Fsp3) is 0.571. The van der Waals surface area contributed by atoms with E-state index in [9.17, 15) is 8.76 Å².